The molecule has 1 heterocycles. The molecule has 0 radical (unpaired) electrons. The van der Waals surface area contributed by atoms with Gasteiger partial charge in [-0.2, -0.15) is 0 Å². The van der Waals surface area contributed by atoms with Crippen LogP contribution in [-0.2, 0) is 16.4 Å². The van der Waals surface area contributed by atoms with Crippen molar-refractivity contribution >= 4 is 39.3 Å². The Bertz CT molecular complexity index is 1320. The van der Waals surface area contributed by atoms with Crippen LogP contribution in [0.3, 0.4) is 0 Å². The fourth-order valence-corrected chi connectivity index (χ4v) is 5.22. The van der Waals surface area contributed by atoms with Gasteiger partial charge in [-0.15, -0.1) is 0 Å². The van der Waals surface area contributed by atoms with Crippen molar-refractivity contribution < 1.29 is 18.1 Å². The molecule has 0 aromatic heterocycles. The quantitative estimate of drug-likeness (QED) is 0.398. The molecule has 0 spiro atoms. The normalized spacial score (nSPS) is 16.2. The maximum Gasteiger partial charge on any atom is 0.269 e. The Morgan fingerprint density at radius 1 is 1.00 bits per heavy atom. The number of nitro benzene ring substituents is 1. The number of fused-ring (bicyclic) bond motifs is 1. The molecule has 3 aromatic carbocycles. The Labute approximate surface area is 189 Å². The second kappa shape index (κ2) is 8.57. The van der Waals surface area contributed by atoms with Gasteiger partial charge < -0.3 is 0 Å². The summed E-state index contributed by atoms with van der Waals surface area (Å²) in [6.07, 6.45) is 3.71. The predicted molar refractivity (Wildman–Crippen MR) is 121 cm³/mol. The molecule has 0 saturated heterocycles. The molecule has 7 nitrogen and oxygen atoms in total. The van der Waals surface area contributed by atoms with Crippen LogP contribution in [-0.4, -0.2) is 29.6 Å². The largest absolute Gasteiger partial charge is 0.269 e. The van der Waals surface area contributed by atoms with Gasteiger partial charge in [0, 0.05) is 22.7 Å². The van der Waals surface area contributed by atoms with Gasteiger partial charge in [0.05, 0.1) is 15.9 Å². The third-order valence-corrected chi connectivity index (χ3v) is 7.24. The van der Waals surface area contributed by atoms with Gasteiger partial charge in [-0.05, 0) is 47.9 Å². The SMILES string of the molecule is O=C1c2ccccc2C[C@@H](/C=C/c2ccc(Cl)cc2)N1S(=O)(=O)c1ccc([N+](=O)[O-])cc1. The molecule has 1 aliphatic rings. The first-order valence-electron chi connectivity index (χ1n) is 9.62. The molecular formula is C23H17ClN2O5S. The van der Waals surface area contributed by atoms with Gasteiger partial charge in [0.2, 0.25) is 0 Å². The van der Waals surface area contributed by atoms with Gasteiger partial charge in [0.1, 0.15) is 0 Å². The molecule has 0 aliphatic carbocycles. The van der Waals surface area contributed by atoms with Crippen LogP contribution in [0.4, 0.5) is 5.69 Å². The molecule has 0 unspecified atom stereocenters. The van der Waals surface area contributed by atoms with Crippen molar-refractivity contribution in [2.75, 3.05) is 0 Å². The van der Waals surface area contributed by atoms with Crippen LogP contribution in [0.1, 0.15) is 21.5 Å². The Morgan fingerprint density at radius 3 is 2.31 bits per heavy atom. The maximum absolute atomic E-state index is 13.4. The highest BCUT2D eigenvalue weighted by Crippen LogP contribution is 2.30. The molecule has 0 fully saturated rings. The van der Waals surface area contributed by atoms with E-state index >= 15 is 0 Å². The number of halogens is 1. The molecule has 0 N–H and O–H groups in total. The van der Waals surface area contributed by atoms with Crippen molar-refractivity contribution in [1.82, 2.24) is 4.31 Å². The molecular weight excluding hydrogens is 452 g/mol. The first-order valence-corrected chi connectivity index (χ1v) is 11.4. The number of nitrogens with zero attached hydrogens (tertiary/aromatic N) is 2. The summed E-state index contributed by atoms with van der Waals surface area (Å²) in [5.74, 6) is -0.643. The Hall–Kier alpha value is -3.49. The number of rotatable bonds is 5. The lowest BCUT2D eigenvalue weighted by molar-refractivity contribution is -0.384. The van der Waals surface area contributed by atoms with Crippen LogP contribution in [0.25, 0.3) is 6.08 Å². The number of hydrogen-bond donors (Lipinski definition) is 0. The zero-order valence-electron chi connectivity index (χ0n) is 16.6. The van der Waals surface area contributed by atoms with E-state index in [2.05, 4.69) is 0 Å². The third-order valence-electron chi connectivity index (χ3n) is 5.16. The van der Waals surface area contributed by atoms with E-state index in [9.17, 15) is 23.3 Å². The minimum Gasteiger partial charge on any atom is -0.268 e. The smallest absolute Gasteiger partial charge is 0.268 e. The van der Waals surface area contributed by atoms with Gasteiger partial charge in [-0.3, -0.25) is 14.9 Å². The van der Waals surface area contributed by atoms with Gasteiger partial charge in [-0.25, -0.2) is 12.7 Å². The predicted octanol–water partition coefficient (Wildman–Crippen LogP) is 4.72. The summed E-state index contributed by atoms with van der Waals surface area (Å²) in [6, 6.07) is 17.6. The van der Waals surface area contributed by atoms with Crippen LogP contribution < -0.4 is 0 Å². The van der Waals surface area contributed by atoms with E-state index in [0.29, 0.717) is 17.0 Å². The average Bonchev–Trinajstić information content (AvgIpc) is 2.78. The summed E-state index contributed by atoms with van der Waals surface area (Å²) in [7, 11) is -4.27. The number of amides is 1. The number of carbonyl (C=O) groups is 1. The second-order valence-corrected chi connectivity index (χ2v) is 9.45. The van der Waals surface area contributed by atoms with Crippen LogP contribution in [0.2, 0.25) is 5.02 Å². The molecule has 1 aliphatic heterocycles. The number of carbonyl (C=O) groups excluding carboxylic acids is 1. The number of nitro groups is 1. The van der Waals surface area contributed by atoms with E-state index in [-0.39, 0.29) is 10.6 Å². The summed E-state index contributed by atoms with van der Waals surface area (Å²) in [6.45, 7) is 0. The van der Waals surface area contributed by atoms with Crippen LogP contribution in [0.15, 0.2) is 83.8 Å². The monoisotopic (exact) mass is 468 g/mol. The molecule has 4 rings (SSSR count). The lowest BCUT2D eigenvalue weighted by Gasteiger charge is -2.34. The van der Waals surface area contributed by atoms with E-state index < -0.39 is 26.9 Å². The molecule has 3 aromatic rings. The third kappa shape index (κ3) is 4.15. The van der Waals surface area contributed by atoms with Crippen molar-refractivity contribution in [3.8, 4) is 0 Å². The van der Waals surface area contributed by atoms with E-state index in [1.54, 1.807) is 60.7 Å². The van der Waals surface area contributed by atoms with Gasteiger partial charge >= 0.3 is 0 Å². The van der Waals surface area contributed by atoms with E-state index in [0.717, 1.165) is 39.7 Å². The first-order chi connectivity index (χ1) is 15.3. The molecule has 32 heavy (non-hydrogen) atoms. The van der Waals surface area contributed by atoms with Crippen molar-refractivity contribution in [2.24, 2.45) is 0 Å². The molecule has 1 amide bonds. The van der Waals surface area contributed by atoms with Gasteiger partial charge in [-0.1, -0.05) is 54.1 Å². The van der Waals surface area contributed by atoms with Crippen LogP contribution in [0, 0.1) is 10.1 Å². The van der Waals surface area contributed by atoms with Gasteiger partial charge in [0.15, 0.2) is 0 Å². The zero-order chi connectivity index (χ0) is 22.9. The lowest BCUT2D eigenvalue weighted by Crippen LogP contribution is -2.48. The van der Waals surface area contributed by atoms with Crippen molar-refractivity contribution in [2.45, 2.75) is 17.4 Å². The molecule has 1 atom stereocenters. The topological polar surface area (TPSA) is 97.6 Å². The number of benzene rings is 3. The Morgan fingerprint density at radius 2 is 1.66 bits per heavy atom. The summed E-state index contributed by atoms with van der Waals surface area (Å²) in [4.78, 5) is 23.4. The number of non-ortho nitro benzene ring substituents is 1. The number of sulfonamides is 1. The summed E-state index contributed by atoms with van der Waals surface area (Å²) in [5, 5.41) is 11.5. The standard InChI is InChI=1S/C23H17ClN2O5S/c24-18-8-5-16(6-9-18)7-10-20-15-17-3-1-2-4-22(17)23(27)25(20)32(30,31)21-13-11-19(12-14-21)26(28)29/h1-14,20H,15H2/b10-7+/t20-/m1/s1. The molecule has 162 valence electrons. The first kappa shape index (κ1) is 21.7. The Balaban J connectivity index is 1.77. The highest BCUT2D eigenvalue weighted by atomic mass is 35.5. The maximum atomic E-state index is 13.4. The van der Waals surface area contributed by atoms with Crippen molar-refractivity contribution in [1.29, 1.82) is 0 Å². The summed E-state index contributed by atoms with van der Waals surface area (Å²) in [5.41, 5.74) is 1.62. The second-order valence-electron chi connectivity index (χ2n) is 7.20. The van der Waals surface area contributed by atoms with E-state index in [1.807, 2.05) is 0 Å². The highest BCUT2D eigenvalue weighted by molar-refractivity contribution is 7.89. The molecule has 9 heteroatoms. The number of hydrogen-bond acceptors (Lipinski definition) is 5. The Kier molecular flexibility index (Phi) is 5.82. The summed E-state index contributed by atoms with van der Waals surface area (Å²) < 4.78 is 27.7. The van der Waals surface area contributed by atoms with Gasteiger partial charge in [0.25, 0.3) is 21.6 Å². The molecule has 0 saturated carbocycles. The highest BCUT2D eigenvalue weighted by Gasteiger charge is 2.39. The fourth-order valence-electron chi connectivity index (χ4n) is 3.57. The van der Waals surface area contributed by atoms with E-state index in [1.165, 1.54) is 0 Å². The molecule has 0 bridgehead atoms. The van der Waals surface area contributed by atoms with Crippen molar-refractivity contribution in [3.63, 3.8) is 0 Å². The minimum absolute atomic E-state index is 0.194. The average molecular weight is 469 g/mol. The fraction of sp³-hybridized carbons (Fsp3) is 0.0870. The van der Waals surface area contributed by atoms with Crippen LogP contribution in [0.5, 0.6) is 0 Å². The van der Waals surface area contributed by atoms with E-state index in [4.69, 9.17) is 11.6 Å². The van der Waals surface area contributed by atoms with Crippen LogP contribution >= 0.6 is 11.6 Å². The lowest BCUT2D eigenvalue weighted by atomic mass is 9.94. The summed E-state index contributed by atoms with van der Waals surface area (Å²) >= 11 is 5.92. The minimum atomic E-state index is -4.27. The zero-order valence-corrected chi connectivity index (χ0v) is 18.2. The van der Waals surface area contributed by atoms with Crippen molar-refractivity contribution in [3.05, 3.63) is 111 Å².